The van der Waals surface area contributed by atoms with Crippen molar-refractivity contribution in [2.45, 2.75) is 13.1 Å². The predicted octanol–water partition coefficient (Wildman–Crippen LogP) is 6.71. The molecule has 2 N–H and O–H groups in total. The standard InChI is InChI=1S/C27H21NO2S/c29-27(30)20-10-8-18(9-11-20)16-28-17-23-15-25-24(6-3-7-26(25)31-23)22-13-12-19-4-1-2-5-21(19)14-22/h1-15,28H,16-17H2,(H,29,30). The number of aromatic carboxylic acids is 1. The number of hydrogen-bond donors (Lipinski definition) is 2. The van der Waals surface area contributed by atoms with Gasteiger partial charge < -0.3 is 10.4 Å². The van der Waals surface area contributed by atoms with Crippen molar-refractivity contribution in [2.75, 3.05) is 0 Å². The Balaban J connectivity index is 1.36. The third-order valence-corrected chi connectivity index (χ3v) is 6.60. The fraction of sp³-hybridized carbons (Fsp3) is 0.0741. The fourth-order valence-corrected chi connectivity index (χ4v) is 4.96. The minimum atomic E-state index is -0.896. The average Bonchev–Trinajstić information content (AvgIpc) is 3.22. The van der Waals surface area contributed by atoms with E-state index >= 15 is 0 Å². The summed E-state index contributed by atoms with van der Waals surface area (Å²) in [6.07, 6.45) is 0. The number of rotatable bonds is 6. The molecular weight excluding hydrogens is 402 g/mol. The Morgan fingerprint density at radius 1 is 0.806 bits per heavy atom. The van der Waals surface area contributed by atoms with E-state index in [9.17, 15) is 4.79 Å². The third kappa shape index (κ3) is 4.08. The Labute approximate surface area is 184 Å². The first-order valence-electron chi connectivity index (χ1n) is 10.2. The summed E-state index contributed by atoms with van der Waals surface area (Å²) in [5.74, 6) is -0.896. The molecule has 0 aliphatic carbocycles. The number of thiophene rings is 1. The first kappa shape index (κ1) is 19.5. The van der Waals surface area contributed by atoms with Gasteiger partial charge in [0.25, 0.3) is 0 Å². The first-order chi connectivity index (χ1) is 15.2. The molecule has 5 rings (SSSR count). The summed E-state index contributed by atoms with van der Waals surface area (Å²) in [6, 6.07) is 30.9. The molecule has 0 unspecified atom stereocenters. The Kier molecular flexibility index (Phi) is 5.24. The number of hydrogen-bond acceptors (Lipinski definition) is 3. The maximum absolute atomic E-state index is 11.0. The topological polar surface area (TPSA) is 49.3 Å². The van der Waals surface area contributed by atoms with Crippen molar-refractivity contribution in [3.8, 4) is 11.1 Å². The predicted molar refractivity (Wildman–Crippen MR) is 129 cm³/mol. The quantitative estimate of drug-likeness (QED) is 0.319. The number of carbonyl (C=O) groups is 1. The normalized spacial score (nSPS) is 11.2. The third-order valence-electron chi connectivity index (χ3n) is 5.50. The van der Waals surface area contributed by atoms with Gasteiger partial charge >= 0.3 is 5.97 Å². The summed E-state index contributed by atoms with van der Waals surface area (Å²) >= 11 is 1.81. The summed E-state index contributed by atoms with van der Waals surface area (Å²) in [5, 5.41) is 16.3. The molecule has 0 fully saturated rings. The van der Waals surface area contributed by atoms with Gasteiger partial charge in [-0.1, -0.05) is 60.7 Å². The molecule has 4 heteroatoms. The lowest BCUT2D eigenvalue weighted by Gasteiger charge is -2.06. The maximum Gasteiger partial charge on any atom is 0.335 e. The van der Waals surface area contributed by atoms with Crippen LogP contribution in [0.4, 0.5) is 0 Å². The Hall–Kier alpha value is -3.47. The zero-order valence-electron chi connectivity index (χ0n) is 16.8. The van der Waals surface area contributed by atoms with Gasteiger partial charge in [0.2, 0.25) is 0 Å². The largest absolute Gasteiger partial charge is 0.478 e. The van der Waals surface area contributed by atoms with Crippen LogP contribution in [-0.4, -0.2) is 11.1 Å². The van der Waals surface area contributed by atoms with Crippen LogP contribution in [0.25, 0.3) is 32.0 Å². The molecule has 31 heavy (non-hydrogen) atoms. The molecule has 0 aliphatic heterocycles. The molecule has 0 atom stereocenters. The van der Waals surface area contributed by atoms with Gasteiger partial charge in [-0.05, 0) is 57.8 Å². The first-order valence-corrected chi connectivity index (χ1v) is 11.0. The summed E-state index contributed by atoms with van der Waals surface area (Å²) < 4.78 is 1.29. The molecule has 0 bridgehead atoms. The second-order valence-electron chi connectivity index (χ2n) is 7.60. The zero-order valence-corrected chi connectivity index (χ0v) is 17.7. The van der Waals surface area contributed by atoms with E-state index in [4.69, 9.17) is 5.11 Å². The lowest BCUT2D eigenvalue weighted by atomic mass is 9.99. The van der Waals surface area contributed by atoms with E-state index in [2.05, 4.69) is 72.0 Å². The molecular formula is C27H21NO2S. The lowest BCUT2D eigenvalue weighted by molar-refractivity contribution is 0.0697. The average molecular weight is 424 g/mol. The van der Waals surface area contributed by atoms with E-state index in [0.717, 1.165) is 12.1 Å². The number of benzene rings is 4. The molecule has 4 aromatic carbocycles. The summed E-state index contributed by atoms with van der Waals surface area (Å²) in [7, 11) is 0. The van der Waals surface area contributed by atoms with Gasteiger partial charge in [-0.15, -0.1) is 11.3 Å². The number of carboxylic acids is 1. The second kappa shape index (κ2) is 8.34. The number of fused-ring (bicyclic) bond motifs is 2. The Morgan fingerprint density at radius 2 is 1.61 bits per heavy atom. The van der Waals surface area contributed by atoms with Crippen LogP contribution in [0.15, 0.2) is 91.0 Å². The minimum absolute atomic E-state index is 0.314. The summed E-state index contributed by atoms with van der Waals surface area (Å²) in [5.41, 5.74) is 3.88. The molecule has 0 saturated carbocycles. The van der Waals surface area contributed by atoms with E-state index < -0.39 is 5.97 Å². The van der Waals surface area contributed by atoms with Crippen LogP contribution in [0.3, 0.4) is 0 Å². The van der Waals surface area contributed by atoms with Gasteiger partial charge in [-0.2, -0.15) is 0 Å². The van der Waals surface area contributed by atoms with Crippen LogP contribution in [0.5, 0.6) is 0 Å². The maximum atomic E-state index is 11.0. The van der Waals surface area contributed by atoms with Crippen LogP contribution in [0, 0.1) is 0 Å². The van der Waals surface area contributed by atoms with Crippen molar-refractivity contribution >= 4 is 38.2 Å². The van der Waals surface area contributed by atoms with Gasteiger partial charge in [0.1, 0.15) is 0 Å². The van der Waals surface area contributed by atoms with Gasteiger partial charge in [0.05, 0.1) is 5.56 Å². The molecule has 0 spiro atoms. The van der Waals surface area contributed by atoms with E-state index in [1.54, 1.807) is 12.1 Å². The SMILES string of the molecule is O=C(O)c1ccc(CNCc2cc3c(-c4ccc5ccccc5c4)cccc3s2)cc1. The van der Waals surface area contributed by atoms with Crippen molar-refractivity contribution < 1.29 is 9.90 Å². The van der Waals surface area contributed by atoms with Crippen molar-refractivity contribution in [2.24, 2.45) is 0 Å². The van der Waals surface area contributed by atoms with Gasteiger partial charge in [0, 0.05) is 28.1 Å². The van der Waals surface area contributed by atoms with Crippen LogP contribution in [0.2, 0.25) is 0 Å². The minimum Gasteiger partial charge on any atom is -0.478 e. The lowest BCUT2D eigenvalue weighted by Crippen LogP contribution is -2.11. The summed E-state index contributed by atoms with van der Waals surface area (Å²) in [6.45, 7) is 1.48. The zero-order chi connectivity index (χ0) is 21.2. The van der Waals surface area contributed by atoms with Crippen molar-refractivity contribution in [1.29, 1.82) is 0 Å². The van der Waals surface area contributed by atoms with Crippen LogP contribution in [-0.2, 0) is 13.1 Å². The number of carboxylic acid groups (broad SMARTS) is 1. The molecule has 1 heterocycles. The highest BCUT2D eigenvalue weighted by molar-refractivity contribution is 7.19. The molecule has 0 aliphatic rings. The van der Waals surface area contributed by atoms with E-state index in [-0.39, 0.29) is 0 Å². The highest BCUT2D eigenvalue weighted by Crippen LogP contribution is 2.35. The molecule has 1 aromatic heterocycles. The fourth-order valence-electron chi connectivity index (χ4n) is 3.90. The van der Waals surface area contributed by atoms with E-state index in [1.807, 2.05) is 23.5 Å². The van der Waals surface area contributed by atoms with Crippen LogP contribution < -0.4 is 5.32 Å². The van der Waals surface area contributed by atoms with Gasteiger partial charge in [-0.3, -0.25) is 0 Å². The number of nitrogens with one attached hydrogen (secondary N) is 1. The van der Waals surface area contributed by atoms with Crippen LogP contribution in [0.1, 0.15) is 20.8 Å². The second-order valence-corrected chi connectivity index (χ2v) is 8.77. The summed E-state index contributed by atoms with van der Waals surface area (Å²) in [4.78, 5) is 12.3. The Morgan fingerprint density at radius 3 is 2.42 bits per heavy atom. The smallest absolute Gasteiger partial charge is 0.335 e. The van der Waals surface area contributed by atoms with Crippen LogP contribution >= 0.6 is 11.3 Å². The van der Waals surface area contributed by atoms with E-state index in [1.165, 1.54) is 36.9 Å². The molecule has 0 amide bonds. The van der Waals surface area contributed by atoms with Crippen molar-refractivity contribution in [3.05, 3.63) is 107 Å². The van der Waals surface area contributed by atoms with E-state index in [0.29, 0.717) is 12.1 Å². The highest BCUT2D eigenvalue weighted by atomic mass is 32.1. The Bertz CT molecular complexity index is 1390. The molecule has 0 radical (unpaired) electrons. The van der Waals surface area contributed by atoms with Gasteiger partial charge in [0.15, 0.2) is 0 Å². The monoisotopic (exact) mass is 423 g/mol. The van der Waals surface area contributed by atoms with Crippen molar-refractivity contribution in [1.82, 2.24) is 5.32 Å². The molecule has 3 nitrogen and oxygen atoms in total. The highest BCUT2D eigenvalue weighted by Gasteiger charge is 2.09. The van der Waals surface area contributed by atoms with Crippen molar-refractivity contribution in [3.63, 3.8) is 0 Å². The van der Waals surface area contributed by atoms with Gasteiger partial charge in [-0.25, -0.2) is 4.79 Å². The molecule has 152 valence electrons. The molecule has 0 saturated heterocycles. The molecule has 5 aromatic rings.